The number of nitriles is 1. The molecule has 5 heteroatoms. The molecule has 3 rings (SSSR count). The third kappa shape index (κ3) is 2.75. The van der Waals surface area contributed by atoms with Crippen LogP contribution in [0.4, 0.5) is 5.82 Å². The van der Waals surface area contributed by atoms with Crippen molar-refractivity contribution >= 4 is 5.82 Å². The maximum Gasteiger partial charge on any atom is 0.146 e. The highest BCUT2D eigenvalue weighted by Gasteiger charge is 2.25. The Labute approximate surface area is 124 Å². The van der Waals surface area contributed by atoms with Crippen molar-refractivity contribution in [1.82, 2.24) is 15.2 Å². The van der Waals surface area contributed by atoms with Crippen molar-refractivity contribution in [2.24, 2.45) is 0 Å². The average Bonchev–Trinajstić information content (AvgIpc) is 2.94. The number of piperidine rings is 1. The lowest BCUT2D eigenvalue weighted by atomic mass is 9.94. The number of hydrogen-bond donors (Lipinski definition) is 1. The van der Waals surface area contributed by atoms with Crippen molar-refractivity contribution in [1.29, 1.82) is 5.26 Å². The van der Waals surface area contributed by atoms with Crippen molar-refractivity contribution < 1.29 is 0 Å². The van der Waals surface area contributed by atoms with Crippen molar-refractivity contribution in [3.63, 3.8) is 0 Å². The Morgan fingerprint density at radius 1 is 1.38 bits per heavy atom. The Balaban J connectivity index is 1.86. The smallest absolute Gasteiger partial charge is 0.146 e. The van der Waals surface area contributed by atoms with Gasteiger partial charge in [0.25, 0.3) is 0 Å². The fourth-order valence-corrected chi connectivity index (χ4v) is 2.93. The Hall–Kier alpha value is -2.35. The Morgan fingerprint density at radius 2 is 2.24 bits per heavy atom. The molecule has 0 radical (unpaired) electrons. The summed E-state index contributed by atoms with van der Waals surface area (Å²) in [5.41, 5.74) is 3.80. The highest BCUT2D eigenvalue weighted by molar-refractivity contribution is 5.54. The van der Waals surface area contributed by atoms with Gasteiger partial charge in [-0.3, -0.25) is 5.10 Å². The molecule has 0 bridgehead atoms. The van der Waals surface area contributed by atoms with Gasteiger partial charge in [-0.05, 0) is 44.9 Å². The zero-order chi connectivity index (χ0) is 14.8. The number of aryl methyl sites for hydroxylation is 2. The molecule has 0 amide bonds. The second-order valence-electron chi connectivity index (χ2n) is 5.70. The number of hydrogen-bond acceptors (Lipinski definition) is 4. The Kier molecular flexibility index (Phi) is 3.61. The standard InChI is InChI=1S/C16H19N5/c1-11-5-6-13(9-17)16(18-11)21-7-3-4-14(10-21)15-8-12(2)19-20-15/h5-6,8,14H,3-4,7,10H2,1-2H3,(H,19,20)/t14-/m1/s1. The summed E-state index contributed by atoms with van der Waals surface area (Å²) >= 11 is 0. The molecule has 0 aromatic carbocycles. The fraction of sp³-hybridized carbons (Fsp3) is 0.438. The van der Waals surface area contributed by atoms with Crippen LogP contribution < -0.4 is 4.90 Å². The van der Waals surface area contributed by atoms with Crippen molar-refractivity contribution in [2.75, 3.05) is 18.0 Å². The number of pyridine rings is 1. The molecule has 5 nitrogen and oxygen atoms in total. The van der Waals surface area contributed by atoms with Crippen LogP contribution >= 0.6 is 0 Å². The van der Waals surface area contributed by atoms with Crippen LogP contribution in [0.5, 0.6) is 0 Å². The van der Waals surface area contributed by atoms with Crippen LogP contribution in [0.3, 0.4) is 0 Å². The maximum atomic E-state index is 9.29. The highest BCUT2D eigenvalue weighted by Crippen LogP contribution is 2.30. The van der Waals surface area contributed by atoms with Gasteiger partial charge in [-0.2, -0.15) is 10.4 Å². The maximum absolute atomic E-state index is 9.29. The van der Waals surface area contributed by atoms with Crippen LogP contribution in [0.15, 0.2) is 18.2 Å². The lowest BCUT2D eigenvalue weighted by molar-refractivity contribution is 0.497. The van der Waals surface area contributed by atoms with Crippen LogP contribution in [0.1, 0.15) is 41.4 Å². The van der Waals surface area contributed by atoms with Gasteiger partial charge in [0.05, 0.1) is 11.3 Å². The summed E-state index contributed by atoms with van der Waals surface area (Å²) in [6.07, 6.45) is 2.23. The van der Waals surface area contributed by atoms with E-state index in [0.717, 1.165) is 48.8 Å². The van der Waals surface area contributed by atoms with E-state index in [4.69, 9.17) is 0 Å². The van der Waals surface area contributed by atoms with E-state index in [9.17, 15) is 5.26 Å². The summed E-state index contributed by atoms with van der Waals surface area (Å²) in [6.45, 7) is 5.80. The SMILES string of the molecule is Cc1ccc(C#N)c(N2CCC[C@@H](c3cc(C)[nH]n3)C2)n1. The van der Waals surface area contributed by atoms with Crippen molar-refractivity contribution in [2.45, 2.75) is 32.6 Å². The van der Waals surface area contributed by atoms with Crippen molar-refractivity contribution in [3.8, 4) is 6.07 Å². The molecule has 0 spiro atoms. The monoisotopic (exact) mass is 281 g/mol. The van der Waals surface area contributed by atoms with Crippen LogP contribution in [-0.2, 0) is 0 Å². The molecular formula is C16H19N5. The molecular weight excluding hydrogens is 262 g/mol. The number of H-pyrrole nitrogens is 1. The van der Waals surface area contributed by atoms with Crippen molar-refractivity contribution in [3.05, 3.63) is 40.8 Å². The molecule has 21 heavy (non-hydrogen) atoms. The zero-order valence-corrected chi connectivity index (χ0v) is 12.4. The lowest BCUT2D eigenvalue weighted by Crippen LogP contribution is -2.35. The molecule has 3 heterocycles. The molecule has 1 atom stereocenters. The van der Waals surface area contributed by atoms with Gasteiger partial charge >= 0.3 is 0 Å². The molecule has 1 saturated heterocycles. The predicted molar refractivity (Wildman–Crippen MR) is 81.2 cm³/mol. The average molecular weight is 281 g/mol. The number of nitrogens with zero attached hydrogens (tertiary/aromatic N) is 4. The summed E-state index contributed by atoms with van der Waals surface area (Å²) < 4.78 is 0. The number of aromatic nitrogens is 3. The van der Waals surface area contributed by atoms with E-state index in [1.807, 2.05) is 26.0 Å². The van der Waals surface area contributed by atoms with Gasteiger partial charge in [-0.15, -0.1) is 0 Å². The number of nitrogens with one attached hydrogen (secondary N) is 1. The van der Waals surface area contributed by atoms with Crippen LogP contribution in [0.2, 0.25) is 0 Å². The predicted octanol–water partition coefficient (Wildman–Crippen LogP) is 2.68. The number of rotatable bonds is 2. The van der Waals surface area contributed by atoms with E-state index < -0.39 is 0 Å². The molecule has 0 saturated carbocycles. The molecule has 0 aliphatic carbocycles. The van der Waals surface area contributed by atoms with E-state index in [1.165, 1.54) is 0 Å². The Bertz CT molecular complexity index is 682. The third-order valence-electron chi connectivity index (χ3n) is 4.00. The first-order valence-corrected chi connectivity index (χ1v) is 7.32. The minimum absolute atomic E-state index is 0.401. The van der Waals surface area contributed by atoms with Gasteiger partial charge in [0.1, 0.15) is 11.9 Å². The normalized spacial score (nSPS) is 18.5. The zero-order valence-electron chi connectivity index (χ0n) is 12.4. The molecule has 2 aromatic rings. The Morgan fingerprint density at radius 3 is 2.95 bits per heavy atom. The topological polar surface area (TPSA) is 68.6 Å². The molecule has 1 aliphatic heterocycles. The van der Waals surface area contributed by atoms with E-state index in [2.05, 4.69) is 32.2 Å². The van der Waals surface area contributed by atoms with Gasteiger partial charge in [0, 0.05) is 30.4 Å². The van der Waals surface area contributed by atoms with Gasteiger partial charge in [-0.1, -0.05) is 0 Å². The summed E-state index contributed by atoms with van der Waals surface area (Å²) in [7, 11) is 0. The highest BCUT2D eigenvalue weighted by atomic mass is 15.2. The first-order valence-electron chi connectivity index (χ1n) is 7.32. The second kappa shape index (κ2) is 5.57. The number of anilines is 1. The lowest BCUT2D eigenvalue weighted by Gasteiger charge is -2.33. The molecule has 1 aliphatic rings. The van der Waals surface area contributed by atoms with E-state index >= 15 is 0 Å². The minimum atomic E-state index is 0.401. The van der Waals surface area contributed by atoms with E-state index in [-0.39, 0.29) is 0 Å². The number of aromatic amines is 1. The molecule has 1 N–H and O–H groups in total. The third-order valence-corrected chi connectivity index (χ3v) is 4.00. The second-order valence-corrected chi connectivity index (χ2v) is 5.70. The summed E-state index contributed by atoms with van der Waals surface area (Å²) in [6, 6.07) is 8.12. The molecule has 1 fully saturated rings. The van der Waals surface area contributed by atoms with Crippen LogP contribution in [0, 0.1) is 25.2 Å². The first kappa shape index (κ1) is 13.6. The summed E-state index contributed by atoms with van der Waals surface area (Å²) in [5.74, 6) is 1.21. The van der Waals surface area contributed by atoms with Crippen LogP contribution in [-0.4, -0.2) is 28.3 Å². The van der Waals surface area contributed by atoms with Gasteiger partial charge < -0.3 is 4.90 Å². The molecule has 108 valence electrons. The van der Waals surface area contributed by atoms with Crippen LogP contribution in [0.25, 0.3) is 0 Å². The quantitative estimate of drug-likeness (QED) is 0.919. The van der Waals surface area contributed by atoms with Gasteiger partial charge in [-0.25, -0.2) is 4.98 Å². The summed E-state index contributed by atoms with van der Waals surface area (Å²) in [5, 5.41) is 16.7. The largest absolute Gasteiger partial charge is 0.355 e. The first-order chi connectivity index (χ1) is 10.2. The molecule has 2 aromatic heterocycles. The van der Waals surface area contributed by atoms with E-state index in [0.29, 0.717) is 11.5 Å². The summed E-state index contributed by atoms with van der Waals surface area (Å²) in [4.78, 5) is 6.80. The van der Waals surface area contributed by atoms with Gasteiger partial charge in [0.15, 0.2) is 0 Å². The molecule has 0 unspecified atom stereocenters. The fourth-order valence-electron chi connectivity index (χ4n) is 2.93. The minimum Gasteiger partial charge on any atom is -0.355 e. The van der Waals surface area contributed by atoms with Gasteiger partial charge in [0.2, 0.25) is 0 Å². The van der Waals surface area contributed by atoms with E-state index in [1.54, 1.807) is 0 Å².